The normalized spacial score (nSPS) is 12.9. The summed E-state index contributed by atoms with van der Waals surface area (Å²) < 4.78 is 31.1. The van der Waals surface area contributed by atoms with E-state index in [2.05, 4.69) is 0 Å². The third-order valence-corrected chi connectivity index (χ3v) is 3.78. The van der Waals surface area contributed by atoms with E-state index in [0.29, 0.717) is 12.5 Å². The van der Waals surface area contributed by atoms with Crippen LogP contribution in [0.25, 0.3) is 0 Å². The van der Waals surface area contributed by atoms with Gasteiger partial charge in [-0.1, -0.05) is 13.8 Å². The van der Waals surface area contributed by atoms with Gasteiger partial charge < -0.3 is 0 Å². The van der Waals surface area contributed by atoms with E-state index in [1.54, 1.807) is 13.8 Å². The van der Waals surface area contributed by atoms with Gasteiger partial charge in [-0.25, -0.2) is 0 Å². The van der Waals surface area contributed by atoms with Crippen LogP contribution in [-0.4, -0.2) is 22.8 Å². The predicted molar refractivity (Wildman–Crippen MR) is 73.7 cm³/mol. The van der Waals surface area contributed by atoms with Crippen LogP contribution in [0.3, 0.4) is 0 Å². The van der Waals surface area contributed by atoms with Crippen molar-refractivity contribution in [3.8, 4) is 0 Å². The van der Waals surface area contributed by atoms with Crippen LogP contribution >= 0.6 is 0 Å². The third-order valence-electron chi connectivity index (χ3n) is 3.12. The van der Waals surface area contributed by atoms with Crippen LogP contribution in [0.1, 0.15) is 37.3 Å². The highest BCUT2D eigenvalue weighted by Gasteiger charge is 2.28. The minimum Gasteiger partial charge on any atom is -0.285 e. The molecule has 1 aromatic rings. The molecule has 0 amide bonds. The summed E-state index contributed by atoms with van der Waals surface area (Å²) >= 11 is 0. The zero-order valence-electron chi connectivity index (χ0n) is 11.3. The van der Waals surface area contributed by atoms with Crippen LogP contribution < -0.4 is 0 Å². The van der Waals surface area contributed by atoms with Crippen molar-refractivity contribution >= 4 is 21.5 Å². The molecular weight excluding hydrogens is 304 g/mol. The fourth-order valence-corrected chi connectivity index (χ4v) is 2.61. The lowest BCUT2D eigenvalue weighted by atomic mass is 9.92. The van der Waals surface area contributed by atoms with E-state index in [-0.39, 0.29) is 17.0 Å². The SMILES string of the molecule is CCC(C)c1cc([N+](=O)[O-])cc([N+](=O)[O-])c1CS(=O)(=O)O. The Balaban J connectivity index is 3.69. The van der Waals surface area contributed by atoms with E-state index in [9.17, 15) is 28.6 Å². The molecule has 9 nitrogen and oxygen atoms in total. The Morgan fingerprint density at radius 2 is 1.81 bits per heavy atom. The molecule has 0 radical (unpaired) electrons. The Kier molecular flexibility index (Phi) is 4.97. The van der Waals surface area contributed by atoms with Gasteiger partial charge in [0.05, 0.1) is 21.5 Å². The van der Waals surface area contributed by atoms with E-state index < -0.39 is 37.1 Å². The minimum atomic E-state index is -4.50. The Bertz CT molecular complexity index is 684. The Hall–Kier alpha value is -2.07. The van der Waals surface area contributed by atoms with Gasteiger partial charge in [0, 0.05) is 6.07 Å². The molecule has 1 N–H and O–H groups in total. The summed E-state index contributed by atoms with van der Waals surface area (Å²) in [6.07, 6.45) is 0.497. The van der Waals surface area contributed by atoms with Crippen molar-refractivity contribution in [1.29, 1.82) is 0 Å². The third kappa shape index (κ3) is 4.20. The molecule has 0 aliphatic heterocycles. The standard InChI is InChI=1S/C11H14N2O7S/c1-3-7(2)9-4-8(12(14)15)5-11(13(16)17)10(9)6-21(18,19)20/h4-5,7H,3,6H2,1-2H3,(H,18,19,20). The van der Waals surface area contributed by atoms with Crippen molar-refractivity contribution in [3.05, 3.63) is 43.5 Å². The predicted octanol–water partition coefficient (Wildman–Crippen LogP) is 2.40. The molecule has 0 saturated heterocycles. The lowest BCUT2D eigenvalue weighted by molar-refractivity contribution is -0.394. The molecule has 0 fully saturated rings. The van der Waals surface area contributed by atoms with Gasteiger partial charge in [-0.05, 0) is 17.9 Å². The highest BCUT2D eigenvalue weighted by atomic mass is 32.2. The highest BCUT2D eigenvalue weighted by molar-refractivity contribution is 7.85. The van der Waals surface area contributed by atoms with Crippen molar-refractivity contribution < 1.29 is 22.8 Å². The first kappa shape index (κ1) is 17.0. The molecule has 0 aromatic heterocycles. The number of non-ortho nitro benzene ring substituents is 1. The van der Waals surface area contributed by atoms with E-state index in [0.717, 1.165) is 6.07 Å². The average molecular weight is 318 g/mol. The van der Waals surface area contributed by atoms with Crippen molar-refractivity contribution in [2.24, 2.45) is 0 Å². The number of nitro groups is 2. The summed E-state index contributed by atoms with van der Waals surface area (Å²) in [7, 11) is -4.50. The second-order valence-electron chi connectivity index (χ2n) is 4.58. The molecule has 0 heterocycles. The lowest BCUT2D eigenvalue weighted by Crippen LogP contribution is -2.10. The molecule has 0 saturated carbocycles. The molecule has 0 aliphatic carbocycles. The van der Waals surface area contributed by atoms with Crippen molar-refractivity contribution in [2.45, 2.75) is 31.9 Å². The quantitative estimate of drug-likeness (QED) is 0.482. The van der Waals surface area contributed by atoms with Gasteiger partial charge in [0.1, 0.15) is 5.75 Å². The molecule has 1 unspecified atom stereocenters. The van der Waals surface area contributed by atoms with Crippen LogP contribution in [-0.2, 0) is 15.9 Å². The zero-order chi connectivity index (χ0) is 16.4. The topological polar surface area (TPSA) is 141 Å². The van der Waals surface area contributed by atoms with Crippen molar-refractivity contribution in [1.82, 2.24) is 0 Å². The van der Waals surface area contributed by atoms with Crippen LogP contribution in [0, 0.1) is 20.2 Å². The number of rotatable bonds is 6. The van der Waals surface area contributed by atoms with Crippen LogP contribution in [0.4, 0.5) is 11.4 Å². The number of hydrogen-bond donors (Lipinski definition) is 1. The number of hydrogen-bond acceptors (Lipinski definition) is 6. The van der Waals surface area contributed by atoms with Gasteiger partial charge in [0.25, 0.3) is 21.5 Å². The van der Waals surface area contributed by atoms with Crippen LogP contribution in [0.2, 0.25) is 0 Å². The first-order valence-electron chi connectivity index (χ1n) is 5.97. The molecule has 1 atom stereocenters. The molecule has 0 bridgehead atoms. The molecule has 0 spiro atoms. The molecule has 0 aliphatic rings. The molecule has 10 heteroatoms. The first-order chi connectivity index (χ1) is 9.56. The van der Waals surface area contributed by atoms with E-state index in [1.807, 2.05) is 0 Å². The summed E-state index contributed by atoms with van der Waals surface area (Å²) in [6, 6.07) is 1.81. The summed E-state index contributed by atoms with van der Waals surface area (Å²) in [5.74, 6) is -1.29. The molecule has 1 aromatic carbocycles. The largest absolute Gasteiger partial charge is 0.285 e. The number of benzene rings is 1. The molecular formula is C11H14N2O7S. The Morgan fingerprint density at radius 3 is 2.19 bits per heavy atom. The molecule has 1 rings (SSSR count). The summed E-state index contributed by atoms with van der Waals surface area (Å²) in [4.78, 5) is 20.2. The van der Waals surface area contributed by atoms with E-state index >= 15 is 0 Å². The number of nitro benzene ring substituents is 2. The second kappa shape index (κ2) is 6.14. The van der Waals surface area contributed by atoms with E-state index in [4.69, 9.17) is 4.55 Å². The average Bonchev–Trinajstić information content (AvgIpc) is 2.35. The fourth-order valence-electron chi connectivity index (χ4n) is 1.93. The summed E-state index contributed by atoms with van der Waals surface area (Å²) in [6.45, 7) is 3.42. The summed E-state index contributed by atoms with van der Waals surface area (Å²) in [5, 5.41) is 21.9. The highest BCUT2D eigenvalue weighted by Crippen LogP contribution is 2.35. The fraction of sp³-hybridized carbons (Fsp3) is 0.455. The Morgan fingerprint density at radius 1 is 1.24 bits per heavy atom. The van der Waals surface area contributed by atoms with Crippen LogP contribution in [0.5, 0.6) is 0 Å². The van der Waals surface area contributed by atoms with Gasteiger partial charge in [0.2, 0.25) is 0 Å². The summed E-state index contributed by atoms with van der Waals surface area (Å²) in [5.41, 5.74) is -1.22. The van der Waals surface area contributed by atoms with Gasteiger partial charge >= 0.3 is 0 Å². The maximum atomic E-state index is 11.1. The first-order valence-corrected chi connectivity index (χ1v) is 7.58. The monoisotopic (exact) mass is 318 g/mol. The minimum absolute atomic E-state index is 0.177. The number of nitrogens with zero attached hydrogens (tertiary/aromatic N) is 2. The second-order valence-corrected chi connectivity index (χ2v) is 6.03. The molecule has 21 heavy (non-hydrogen) atoms. The van der Waals surface area contributed by atoms with E-state index in [1.165, 1.54) is 0 Å². The maximum absolute atomic E-state index is 11.1. The molecule has 116 valence electrons. The lowest BCUT2D eigenvalue weighted by Gasteiger charge is -2.14. The van der Waals surface area contributed by atoms with Gasteiger partial charge in [-0.15, -0.1) is 0 Å². The van der Waals surface area contributed by atoms with Crippen LogP contribution in [0.15, 0.2) is 12.1 Å². The zero-order valence-corrected chi connectivity index (χ0v) is 12.2. The maximum Gasteiger partial charge on any atom is 0.280 e. The van der Waals surface area contributed by atoms with Gasteiger partial charge in [-0.3, -0.25) is 24.8 Å². The van der Waals surface area contributed by atoms with Crippen molar-refractivity contribution in [2.75, 3.05) is 0 Å². The van der Waals surface area contributed by atoms with Gasteiger partial charge in [0.15, 0.2) is 0 Å². The Labute approximate surface area is 120 Å². The van der Waals surface area contributed by atoms with Gasteiger partial charge in [-0.2, -0.15) is 8.42 Å². The van der Waals surface area contributed by atoms with Crippen molar-refractivity contribution in [3.63, 3.8) is 0 Å². The smallest absolute Gasteiger partial charge is 0.280 e.